The molecule has 1 aliphatic heterocycles. The highest BCUT2D eigenvalue weighted by molar-refractivity contribution is 5.93. The van der Waals surface area contributed by atoms with Crippen LogP contribution in [0.2, 0.25) is 0 Å². The lowest BCUT2D eigenvalue weighted by atomic mass is 10.1. The zero-order valence-corrected chi connectivity index (χ0v) is 15.2. The van der Waals surface area contributed by atoms with Gasteiger partial charge >= 0.3 is 6.03 Å². The van der Waals surface area contributed by atoms with Gasteiger partial charge in [-0.2, -0.15) is 5.10 Å². The van der Waals surface area contributed by atoms with E-state index in [1.807, 2.05) is 30.3 Å². The Morgan fingerprint density at radius 3 is 2.61 bits per heavy atom. The van der Waals surface area contributed by atoms with Gasteiger partial charge in [-0.25, -0.2) is 4.79 Å². The first kappa shape index (κ1) is 17.8. The summed E-state index contributed by atoms with van der Waals surface area (Å²) in [7, 11) is 0. The van der Waals surface area contributed by atoms with Crippen LogP contribution in [0.15, 0.2) is 59.2 Å². The van der Waals surface area contributed by atoms with Crippen molar-refractivity contribution >= 4 is 17.6 Å². The largest absolute Gasteiger partial charge is 0.463 e. The molecule has 3 heterocycles. The molecule has 144 valence electrons. The van der Waals surface area contributed by atoms with Crippen molar-refractivity contribution in [1.82, 2.24) is 20.4 Å². The minimum atomic E-state index is -0.235. The van der Waals surface area contributed by atoms with Crippen LogP contribution in [0.1, 0.15) is 23.3 Å². The van der Waals surface area contributed by atoms with Crippen LogP contribution in [0.3, 0.4) is 0 Å². The maximum atomic E-state index is 12.4. The lowest BCUT2D eigenvalue weighted by molar-refractivity contribution is 0.0914. The number of para-hydroxylation sites is 1. The number of likely N-dealkylation sites (tertiary alicyclic amines) is 1. The number of hydrogen-bond donors (Lipinski definition) is 3. The number of rotatable bonds is 4. The second-order valence-corrected chi connectivity index (χ2v) is 6.68. The Hall–Kier alpha value is -3.55. The number of amides is 3. The summed E-state index contributed by atoms with van der Waals surface area (Å²) in [4.78, 5) is 26.5. The monoisotopic (exact) mass is 379 g/mol. The molecule has 3 N–H and O–H groups in total. The zero-order chi connectivity index (χ0) is 19.3. The van der Waals surface area contributed by atoms with E-state index < -0.39 is 0 Å². The van der Waals surface area contributed by atoms with Gasteiger partial charge in [-0.1, -0.05) is 18.2 Å². The van der Waals surface area contributed by atoms with E-state index in [2.05, 4.69) is 20.8 Å². The maximum Gasteiger partial charge on any atom is 0.321 e. The molecule has 0 spiro atoms. The highest BCUT2D eigenvalue weighted by Crippen LogP contribution is 2.18. The topological polar surface area (TPSA) is 103 Å². The summed E-state index contributed by atoms with van der Waals surface area (Å²) in [6.07, 6.45) is 2.96. The first-order valence-electron chi connectivity index (χ1n) is 9.20. The Bertz CT molecular complexity index is 928. The van der Waals surface area contributed by atoms with Gasteiger partial charge in [0, 0.05) is 30.9 Å². The first-order valence-corrected chi connectivity index (χ1v) is 9.20. The van der Waals surface area contributed by atoms with Crippen LogP contribution in [0.4, 0.5) is 10.5 Å². The predicted octanol–water partition coefficient (Wildman–Crippen LogP) is 3.10. The molecule has 1 fully saturated rings. The second-order valence-electron chi connectivity index (χ2n) is 6.68. The van der Waals surface area contributed by atoms with Crippen molar-refractivity contribution in [1.29, 1.82) is 0 Å². The van der Waals surface area contributed by atoms with Gasteiger partial charge in [-0.15, -0.1) is 0 Å². The molecule has 1 aliphatic rings. The van der Waals surface area contributed by atoms with Gasteiger partial charge in [-0.3, -0.25) is 9.89 Å². The Kier molecular flexibility index (Phi) is 5.09. The van der Waals surface area contributed by atoms with E-state index in [-0.39, 0.29) is 18.0 Å². The number of hydrogen-bond acceptors (Lipinski definition) is 4. The fourth-order valence-electron chi connectivity index (χ4n) is 3.21. The van der Waals surface area contributed by atoms with Crippen molar-refractivity contribution in [3.63, 3.8) is 0 Å². The van der Waals surface area contributed by atoms with Crippen molar-refractivity contribution < 1.29 is 14.0 Å². The average Bonchev–Trinajstić information content (AvgIpc) is 3.41. The number of benzene rings is 1. The third kappa shape index (κ3) is 4.06. The molecule has 28 heavy (non-hydrogen) atoms. The quantitative estimate of drug-likeness (QED) is 0.648. The molecule has 0 bridgehead atoms. The van der Waals surface area contributed by atoms with Crippen LogP contribution in [0.5, 0.6) is 0 Å². The summed E-state index contributed by atoms with van der Waals surface area (Å²) in [6, 6.07) is 14.5. The van der Waals surface area contributed by atoms with E-state index in [1.165, 1.54) is 0 Å². The normalized spacial score (nSPS) is 14.6. The zero-order valence-electron chi connectivity index (χ0n) is 15.2. The number of nitrogens with zero attached hydrogens (tertiary/aromatic N) is 2. The van der Waals surface area contributed by atoms with Crippen LogP contribution < -0.4 is 10.6 Å². The van der Waals surface area contributed by atoms with Gasteiger partial charge in [0.25, 0.3) is 5.91 Å². The molecule has 1 aromatic carbocycles. The van der Waals surface area contributed by atoms with Crippen molar-refractivity contribution in [3.05, 3.63) is 60.5 Å². The van der Waals surface area contributed by atoms with Crippen molar-refractivity contribution in [2.45, 2.75) is 18.9 Å². The number of carbonyl (C=O) groups is 2. The van der Waals surface area contributed by atoms with Gasteiger partial charge in [-0.05, 0) is 37.1 Å². The molecule has 2 aromatic heterocycles. The van der Waals surface area contributed by atoms with Gasteiger partial charge in [0.05, 0.1) is 6.26 Å². The molecule has 4 rings (SSSR count). The standard InChI is InChI=1S/C20H21N5O3/c26-19(17-13-16(23-24-17)18-7-4-12-28-18)21-15-8-10-25(11-9-15)20(27)22-14-5-2-1-3-6-14/h1-7,12-13,15H,8-11H2,(H,21,26)(H,22,27)(H,23,24). The Morgan fingerprint density at radius 1 is 1.11 bits per heavy atom. The summed E-state index contributed by atoms with van der Waals surface area (Å²) in [5, 5.41) is 12.7. The first-order chi connectivity index (χ1) is 13.7. The summed E-state index contributed by atoms with van der Waals surface area (Å²) >= 11 is 0. The van der Waals surface area contributed by atoms with E-state index in [0.29, 0.717) is 43.1 Å². The molecule has 1 saturated heterocycles. The minimum Gasteiger partial charge on any atom is -0.463 e. The maximum absolute atomic E-state index is 12.4. The highest BCUT2D eigenvalue weighted by Gasteiger charge is 2.25. The van der Waals surface area contributed by atoms with Gasteiger partial charge in [0.1, 0.15) is 5.69 Å². The summed E-state index contributed by atoms with van der Waals surface area (Å²) < 4.78 is 5.29. The fraction of sp³-hybridized carbons (Fsp3) is 0.250. The molecule has 0 aliphatic carbocycles. The highest BCUT2D eigenvalue weighted by atomic mass is 16.3. The van der Waals surface area contributed by atoms with Crippen molar-refractivity contribution in [2.75, 3.05) is 18.4 Å². The molecule has 3 aromatic rings. The van der Waals surface area contributed by atoms with Gasteiger partial charge < -0.3 is 20.0 Å². The van der Waals surface area contributed by atoms with E-state index >= 15 is 0 Å². The number of urea groups is 1. The van der Waals surface area contributed by atoms with Crippen LogP contribution >= 0.6 is 0 Å². The lowest BCUT2D eigenvalue weighted by Gasteiger charge is -2.32. The second kappa shape index (κ2) is 7.99. The molecule has 0 unspecified atom stereocenters. The summed E-state index contributed by atoms with van der Waals surface area (Å²) in [5.74, 6) is 0.394. The van der Waals surface area contributed by atoms with Gasteiger partial charge in [0.2, 0.25) is 0 Å². The summed E-state index contributed by atoms with van der Waals surface area (Å²) in [5.41, 5.74) is 1.74. The van der Waals surface area contributed by atoms with Crippen molar-refractivity contribution in [3.8, 4) is 11.5 Å². The number of carbonyl (C=O) groups excluding carboxylic acids is 2. The number of aromatic amines is 1. The number of H-pyrrole nitrogens is 1. The number of anilines is 1. The van der Waals surface area contributed by atoms with Crippen LogP contribution in [-0.4, -0.2) is 46.2 Å². The predicted molar refractivity (Wildman–Crippen MR) is 104 cm³/mol. The molecule has 3 amide bonds. The number of nitrogens with one attached hydrogen (secondary N) is 3. The van der Waals surface area contributed by atoms with Crippen molar-refractivity contribution in [2.24, 2.45) is 0 Å². The van der Waals surface area contributed by atoms with Crippen LogP contribution in [0.25, 0.3) is 11.5 Å². The number of piperidine rings is 1. The third-order valence-electron chi connectivity index (χ3n) is 4.74. The molecule has 8 heteroatoms. The lowest BCUT2D eigenvalue weighted by Crippen LogP contribution is -2.47. The SMILES string of the molecule is O=C(NC1CCN(C(=O)Nc2ccccc2)CC1)c1cc(-c2ccco2)[nH]n1. The van der Waals surface area contributed by atoms with E-state index in [9.17, 15) is 9.59 Å². The molecule has 8 nitrogen and oxygen atoms in total. The number of aromatic nitrogens is 2. The Morgan fingerprint density at radius 2 is 1.89 bits per heavy atom. The number of furan rings is 1. The minimum absolute atomic E-state index is 0.0111. The average molecular weight is 379 g/mol. The van der Waals surface area contributed by atoms with E-state index in [0.717, 1.165) is 5.69 Å². The molecule has 0 saturated carbocycles. The molecular formula is C20H21N5O3. The van der Waals surface area contributed by atoms with Crippen LogP contribution in [0, 0.1) is 0 Å². The van der Waals surface area contributed by atoms with Crippen LogP contribution in [-0.2, 0) is 0 Å². The fourth-order valence-corrected chi connectivity index (χ4v) is 3.21. The Labute approximate surface area is 161 Å². The van der Waals surface area contributed by atoms with Gasteiger partial charge in [0.15, 0.2) is 11.5 Å². The smallest absolute Gasteiger partial charge is 0.321 e. The third-order valence-corrected chi connectivity index (χ3v) is 4.74. The molecular weight excluding hydrogens is 358 g/mol. The molecule has 0 atom stereocenters. The Balaban J connectivity index is 1.27. The van der Waals surface area contributed by atoms with E-state index in [4.69, 9.17) is 4.42 Å². The summed E-state index contributed by atoms with van der Waals surface area (Å²) in [6.45, 7) is 1.17. The van der Waals surface area contributed by atoms with E-state index in [1.54, 1.807) is 29.4 Å². The molecule has 0 radical (unpaired) electrons.